The van der Waals surface area contributed by atoms with Crippen LogP contribution in [-0.2, 0) is 9.59 Å². The number of nitrogens with zero attached hydrogens (tertiary/aromatic N) is 2. The van der Waals surface area contributed by atoms with Gasteiger partial charge < -0.3 is 0 Å². The van der Waals surface area contributed by atoms with Gasteiger partial charge in [-0.05, 0) is 47.3 Å². The lowest BCUT2D eigenvalue weighted by Gasteiger charge is -2.07. The molecule has 26 heavy (non-hydrogen) atoms. The number of hydrogen-bond acceptors (Lipinski definition) is 7. The van der Waals surface area contributed by atoms with Crippen LogP contribution in [0.4, 0.5) is 0 Å². The Kier molecular flexibility index (Phi) is 6.94. The van der Waals surface area contributed by atoms with Crippen LogP contribution >= 0.6 is 34.9 Å². The number of thiocarbonyl (C=S) groups is 1. The molecule has 2 aromatic rings. The maximum absolute atomic E-state index is 12.1. The first kappa shape index (κ1) is 19.2. The Labute approximate surface area is 162 Å². The molecular formula is C17H10N4O2S3. The van der Waals surface area contributed by atoms with Crippen LogP contribution < -0.4 is 10.6 Å². The van der Waals surface area contributed by atoms with Gasteiger partial charge in [0.05, 0.1) is 0 Å². The molecule has 2 rings (SSSR count). The third kappa shape index (κ3) is 5.46. The fraction of sp³-hybridized carbons (Fsp3) is 0. The van der Waals surface area contributed by atoms with Crippen LogP contribution in [0.25, 0.3) is 12.2 Å². The van der Waals surface area contributed by atoms with Crippen molar-refractivity contribution in [2.75, 3.05) is 0 Å². The van der Waals surface area contributed by atoms with E-state index in [9.17, 15) is 9.59 Å². The Morgan fingerprint density at radius 1 is 0.923 bits per heavy atom. The number of carbonyl (C=O) groups is 2. The van der Waals surface area contributed by atoms with E-state index in [-0.39, 0.29) is 16.3 Å². The Bertz CT molecular complexity index is 881. The summed E-state index contributed by atoms with van der Waals surface area (Å²) in [5.74, 6) is -1.49. The summed E-state index contributed by atoms with van der Waals surface area (Å²) >= 11 is 7.64. The average Bonchev–Trinajstić information content (AvgIpc) is 3.30. The summed E-state index contributed by atoms with van der Waals surface area (Å²) in [6.45, 7) is 0. The van der Waals surface area contributed by atoms with Crippen LogP contribution in [0.15, 0.2) is 46.2 Å². The predicted octanol–water partition coefficient (Wildman–Crippen LogP) is 2.84. The van der Waals surface area contributed by atoms with Crippen LogP contribution in [0.5, 0.6) is 0 Å². The normalized spacial score (nSPS) is 11.2. The molecule has 2 heterocycles. The minimum atomic E-state index is -0.744. The van der Waals surface area contributed by atoms with Crippen LogP contribution in [-0.4, -0.2) is 16.9 Å². The van der Waals surface area contributed by atoms with Crippen molar-refractivity contribution in [2.45, 2.75) is 0 Å². The van der Waals surface area contributed by atoms with Crippen molar-refractivity contribution in [2.24, 2.45) is 0 Å². The lowest BCUT2D eigenvalue weighted by atomic mass is 10.2. The first-order chi connectivity index (χ1) is 12.5. The van der Waals surface area contributed by atoms with E-state index < -0.39 is 11.8 Å². The van der Waals surface area contributed by atoms with Crippen LogP contribution in [0, 0.1) is 22.7 Å². The van der Waals surface area contributed by atoms with E-state index >= 15 is 0 Å². The second kappa shape index (κ2) is 9.39. The molecule has 6 nitrogen and oxygen atoms in total. The zero-order chi connectivity index (χ0) is 18.9. The highest BCUT2D eigenvalue weighted by atomic mass is 32.1. The van der Waals surface area contributed by atoms with Gasteiger partial charge in [-0.3, -0.25) is 20.2 Å². The van der Waals surface area contributed by atoms with Gasteiger partial charge in [0, 0.05) is 9.75 Å². The summed E-state index contributed by atoms with van der Waals surface area (Å²) in [5, 5.41) is 26.0. The van der Waals surface area contributed by atoms with Crippen LogP contribution in [0.3, 0.4) is 0 Å². The summed E-state index contributed by atoms with van der Waals surface area (Å²) in [6.07, 6.45) is 2.84. The van der Waals surface area contributed by atoms with E-state index in [2.05, 4.69) is 10.6 Å². The molecule has 0 aliphatic rings. The average molecular weight is 398 g/mol. The van der Waals surface area contributed by atoms with Gasteiger partial charge in [0.2, 0.25) is 0 Å². The monoisotopic (exact) mass is 398 g/mol. The maximum atomic E-state index is 12.1. The summed E-state index contributed by atoms with van der Waals surface area (Å²) in [4.78, 5) is 25.6. The molecule has 0 unspecified atom stereocenters. The van der Waals surface area contributed by atoms with Crippen molar-refractivity contribution < 1.29 is 9.59 Å². The van der Waals surface area contributed by atoms with E-state index in [1.165, 1.54) is 34.8 Å². The molecule has 0 fully saturated rings. The standard InChI is InChI=1S/C17H10N4O2S3/c18-9-11(7-13-3-1-5-25-13)15(22)20-17(24)21-16(23)12(10-19)8-14-4-2-6-26-14/h1-8H,(H2,20,21,22,23,24)/b11-7+,12-8+. The first-order valence-electron chi connectivity index (χ1n) is 7.00. The fourth-order valence-electron chi connectivity index (χ4n) is 1.70. The lowest BCUT2D eigenvalue weighted by Crippen LogP contribution is -2.43. The number of rotatable bonds is 4. The lowest BCUT2D eigenvalue weighted by molar-refractivity contribution is -0.116. The van der Waals surface area contributed by atoms with Crippen molar-refractivity contribution in [3.8, 4) is 12.1 Å². The van der Waals surface area contributed by atoms with Crippen LogP contribution in [0.1, 0.15) is 9.75 Å². The van der Waals surface area contributed by atoms with E-state index in [0.29, 0.717) is 0 Å². The Morgan fingerprint density at radius 2 is 1.35 bits per heavy atom. The second-order valence-electron chi connectivity index (χ2n) is 4.61. The quantitative estimate of drug-likeness (QED) is 0.468. The number of thiophene rings is 2. The van der Waals surface area contributed by atoms with Crippen molar-refractivity contribution in [1.82, 2.24) is 10.6 Å². The maximum Gasteiger partial charge on any atom is 0.268 e. The Balaban J connectivity index is 2.01. The molecule has 128 valence electrons. The smallest absolute Gasteiger partial charge is 0.268 e. The van der Waals surface area contributed by atoms with Gasteiger partial charge in [-0.15, -0.1) is 22.7 Å². The molecule has 0 bridgehead atoms. The number of carbonyl (C=O) groups excluding carboxylic acids is 2. The molecule has 2 N–H and O–H groups in total. The molecule has 0 atom stereocenters. The summed E-state index contributed by atoms with van der Waals surface area (Å²) in [5.41, 5.74) is -0.308. The van der Waals surface area contributed by atoms with Gasteiger partial charge in [0.1, 0.15) is 23.3 Å². The van der Waals surface area contributed by atoms with Gasteiger partial charge in [-0.2, -0.15) is 10.5 Å². The van der Waals surface area contributed by atoms with Crippen molar-refractivity contribution >= 4 is 64.0 Å². The van der Waals surface area contributed by atoms with E-state index in [4.69, 9.17) is 22.7 Å². The molecule has 0 aliphatic heterocycles. The highest BCUT2D eigenvalue weighted by molar-refractivity contribution is 7.80. The molecular weight excluding hydrogens is 388 g/mol. The van der Waals surface area contributed by atoms with Gasteiger partial charge in [0.15, 0.2) is 5.11 Å². The molecule has 0 aromatic carbocycles. The van der Waals surface area contributed by atoms with E-state index in [1.54, 1.807) is 36.4 Å². The van der Waals surface area contributed by atoms with Crippen LogP contribution in [0.2, 0.25) is 0 Å². The Morgan fingerprint density at radius 3 is 1.65 bits per heavy atom. The number of nitrogens with one attached hydrogen (secondary N) is 2. The summed E-state index contributed by atoms with van der Waals surface area (Å²) < 4.78 is 0. The summed E-state index contributed by atoms with van der Waals surface area (Å²) in [7, 11) is 0. The van der Waals surface area contributed by atoms with E-state index in [1.807, 2.05) is 10.8 Å². The minimum absolute atomic E-state index is 0.154. The number of nitriles is 2. The Hall–Kier alpha value is -3.11. The number of amides is 2. The largest absolute Gasteiger partial charge is 0.298 e. The highest BCUT2D eigenvalue weighted by Gasteiger charge is 2.15. The molecule has 2 aromatic heterocycles. The summed E-state index contributed by atoms with van der Waals surface area (Å²) in [6, 6.07) is 10.7. The highest BCUT2D eigenvalue weighted by Crippen LogP contribution is 2.14. The van der Waals surface area contributed by atoms with Crippen molar-refractivity contribution in [3.05, 3.63) is 55.9 Å². The zero-order valence-electron chi connectivity index (χ0n) is 13.1. The van der Waals surface area contributed by atoms with Gasteiger partial charge in [-0.25, -0.2) is 0 Å². The SMILES string of the molecule is N#C/C(=C\c1cccs1)C(=O)NC(=S)NC(=O)/C(C#N)=C/c1cccs1. The second-order valence-corrected chi connectivity index (χ2v) is 6.97. The van der Waals surface area contributed by atoms with Gasteiger partial charge in [-0.1, -0.05) is 12.1 Å². The molecule has 0 saturated carbocycles. The number of hydrogen-bond donors (Lipinski definition) is 2. The molecule has 9 heteroatoms. The van der Waals surface area contributed by atoms with Gasteiger partial charge in [0.25, 0.3) is 11.8 Å². The minimum Gasteiger partial charge on any atom is -0.298 e. The third-order valence-electron chi connectivity index (χ3n) is 2.84. The topological polar surface area (TPSA) is 106 Å². The van der Waals surface area contributed by atoms with E-state index in [0.717, 1.165) is 9.75 Å². The predicted molar refractivity (Wildman–Crippen MR) is 105 cm³/mol. The van der Waals surface area contributed by atoms with Gasteiger partial charge >= 0.3 is 0 Å². The molecule has 0 spiro atoms. The van der Waals surface area contributed by atoms with Crippen molar-refractivity contribution in [3.63, 3.8) is 0 Å². The molecule has 2 amide bonds. The molecule has 0 radical (unpaired) electrons. The molecule has 0 saturated heterocycles. The van der Waals surface area contributed by atoms with Crippen molar-refractivity contribution in [1.29, 1.82) is 10.5 Å². The zero-order valence-corrected chi connectivity index (χ0v) is 15.5. The fourth-order valence-corrected chi connectivity index (χ4v) is 3.20. The third-order valence-corrected chi connectivity index (χ3v) is 4.69. The molecule has 0 aliphatic carbocycles. The first-order valence-corrected chi connectivity index (χ1v) is 9.17.